The Morgan fingerprint density at radius 1 is 1.31 bits per heavy atom. The predicted molar refractivity (Wildman–Crippen MR) is 59.7 cm³/mol. The molecule has 0 aromatic heterocycles. The number of allylic oxidation sites excluding steroid dienone is 2. The molecule has 2 unspecified atom stereocenters. The Kier molecular flexibility index (Phi) is 4.55. The zero-order valence-corrected chi connectivity index (χ0v) is 9.42. The van der Waals surface area contributed by atoms with Gasteiger partial charge in [-0.3, -0.25) is 0 Å². The summed E-state index contributed by atoms with van der Waals surface area (Å²) in [6.45, 7) is 6.96. The molecule has 0 aromatic carbocycles. The van der Waals surface area contributed by atoms with E-state index in [9.17, 15) is 0 Å². The maximum atomic E-state index is 2.47. The highest BCUT2D eigenvalue weighted by Gasteiger charge is 2.15. The molecule has 13 heavy (non-hydrogen) atoms. The Bertz CT molecular complexity index is 155. The van der Waals surface area contributed by atoms with Gasteiger partial charge in [0, 0.05) is 0 Å². The molecule has 0 heteroatoms. The maximum Gasteiger partial charge on any atom is -0.0231 e. The molecular formula is C13H24. The number of hydrogen-bond acceptors (Lipinski definition) is 0. The van der Waals surface area contributed by atoms with E-state index in [4.69, 9.17) is 0 Å². The summed E-state index contributed by atoms with van der Waals surface area (Å²) in [6, 6.07) is 0. The average Bonchev–Trinajstić information content (AvgIpc) is 2.03. The van der Waals surface area contributed by atoms with Crippen LogP contribution in [0.4, 0.5) is 0 Å². The maximum absolute atomic E-state index is 2.47. The molecule has 1 aliphatic carbocycles. The van der Waals surface area contributed by atoms with Gasteiger partial charge in [-0.1, -0.05) is 45.8 Å². The Labute approximate surface area is 83.4 Å². The van der Waals surface area contributed by atoms with Gasteiger partial charge in [0.1, 0.15) is 0 Å². The fourth-order valence-electron chi connectivity index (χ4n) is 2.20. The van der Waals surface area contributed by atoms with Crippen LogP contribution in [-0.4, -0.2) is 0 Å². The summed E-state index contributed by atoms with van der Waals surface area (Å²) in [5.41, 5.74) is 0. The minimum Gasteiger partial charge on any atom is -0.0880 e. The fraction of sp³-hybridized carbons (Fsp3) is 0.846. The first kappa shape index (κ1) is 10.8. The van der Waals surface area contributed by atoms with Crippen molar-refractivity contribution < 1.29 is 0 Å². The van der Waals surface area contributed by atoms with Crippen molar-refractivity contribution in [2.24, 2.45) is 17.8 Å². The lowest BCUT2D eigenvalue weighted by molar-refractivity contribution is 0.324. The van der Waals surface area contributed by atoms with Gasteiger partial charge in [0.25, 0.3) is 0 Å². The molecule has 0 heterocycles. The zero-order valence-electron chi connectivity index (χ0n) is 9.42. The van der Waals surface area contributed by atoms with Gasteiger partial charge < -0.3 is 0 Å². The van der Waals surface area contributed by atoms with E-state index in [1.807, 2.05) is 0 Å². The molecule has 0 aromatic rings. The summed E-state index contributed by atoms with van der Waals surface area (Å²) in [6.07, 6.45) is 11.9. The molecule has 1 aliphatic rings. The van der Waals surface area contributed by atoms with E-state index >= 15 is 0 Å². The normalized spacial score (nSPS) is 30.2. The van der Waals surface area contributed by atoms with Gasteiger partial charge in [-0.25, -0.2) is 0 Å². The minimum absolute atomic E-state index is 0.817. The van der Waals surface area contributed by atoms with E-state index in [0.717, 1.165) is 17.8 Å². The van der Waals surface area contributed by atoms with E-state index in [1.165, 1.54) is 32.1 Å². The van der Waals surface area contributed by atoms with E-state index in [2.05, 4.69) is 32.9 Å². The second-order valence-electron chi connectivity index (χ2n) is 5.09. The molecule has 1 fully saturated rings. The first-order valence-corrected chi connectivity index (χ1v) is 5.85. The topological polar surface area (TPSA) is 0 Å². The van der Waals surface area contributed by atoms with Crippen LogP contribution in [0.1, 0.15) is 52.9 Å². The van der Waals surface area contributed by atoms with Crippen LogP contribution in [0.2, 0.25) is 0 Å². The molecule has 0 aliphatic heterocycles. The van der Waals surface area contributed by atoms with Gasteiger partial charge in [0.05, 0.1) is 0 Å². The lowest BCUT2D eigenvalue weighted by atomic mass is 9.82. The highest BCUT2D eigenvalue weighted by atomic mass is 14.2. The van der Waals surface area contributed by atoms with Crippen molar-refractivity contribution in [3.05, 3.63) is 12.2 Å². The molecule has 0 bridgehead atoms. The van der Waals surface area contributed by atoms with Crippen LogP contribution in [0.25, 0.3) is 0 Å². The Morgan fingerprint density at radius 2 is 2.08 bits per heavy atom. The highest BCUT2D eigenvalue weighted by Crippen LogP contribution is 2.29. The van der Waals surface area contributed by atoms with Crippen LogP contribution in [0.3, 0.4) is 0 Å². The molecule has 1 saturated carbocycles. The van der Waals surface area contributed by atoms with E-state index in [1.54, 1.807) is 0 Å². The molecule has 2 atom stereocenters. The Balaban J connectivity index is 2.23. The smallest absolute Gasteiger partial charge is 0.0231 e. The lowest BCUT2D eigenvalue weighted by Crippen LogP contribution is -2.10. The van der Waals surface area contributed by atoms with Crippen molar-refractivity contribution in [3.8, 4) is 0 Å². The molecule has 76 valence electrons. The van der Waals surface area contributed by atoms with Crippen LogP contribution in [0.15, 0.2) is 12.2 Å². The van der Waals surface area contributed by atoms with Crippen molar-refractivity contribution >= 4 is 0 Å². The molecule has 0 radical (unpaired) electrons. The van der Waals surface area contributed by atoms with Crippen LogP contribution in [-0.2, 0) is 0 Å². The third-order valence-corrected chi connectivity index (χ3v) is 2.99. The van der Waals surface area contributed by atoms with Gasteiger partial charge in [-0.15, -0.1) is 0 Å². The Hall–Kier alpha value is -0.260. The van der Waals surface area contributed by atoms with Gasteiger partial charge in [0.15, 0.2) is 0 Å². The third-order valence-electron chi connectivity index (χ3n) is 2.99. The number of rotatable bonds is 3. The van der Waals surface area contributed by atoms with Crippen molar-refractivity contribution in [3.63, 3.8) is 0 Å². The number of hydrogen-bond donors (Lipinski definition) is 0. The summed E-state index contributed by atoms with van der Waals surface area (Å²) in [5, 5.41) is 0. The molecule has 0 spiro atoms. The van der Waals surface area contributed by atoms with Gasteiger partial charge >= 0.3 is 0 Å². The summed E-state index contributed by atoms with van der Waals surface area (Å²) < 4.78 is 0. The predicted octanol–water partition coefficient (Wildman–Crippen LogP) is 4.42. The molecule has 0 amide bonds. The average molecular weight is 180 g/mol. The SMILES string of the molecule is CC(C)CC=CC1CCCC(C)C1. The highest BCUT2D eigenvalue weighted by molar-refractivity contribution is 4.91. The summed E-state index contributed by atoms with van der Waals surface area (Å²) in [5.74, 6) is 2.67. The summed E-state index contributed by atoms with van der Waals surface area (Å²) >= 11 is 0. The van der Waals surface area contributed by atoms with Crippen molar-refractivity contribution in [1.82, 2.24) is 0 Å². The third kappa shape index (κ3) is 4.50. The standard InChI is InChI=1S/C13H24/c1-11(2)6-4-8-13-9-5-7-12(3)10-13/h4,8,11-13H,5-7,9-10H2,1-3H3. The largest absolute Gasteiger partial charge is 0.0880 e. The van der Waals surface area contributed by atoms with Crippen molar-refractivity contribution in [2.45, 2.75) is 52.9 Å². The molecule has 0 nitrogen and oxygen atoms in total. The monoisotopic (exact) mass is 180 g/mol. The quantitative estimate of drug-likeness (QED) is 0.564. The first-order chi connectivity index (χ1) is 6.18. The second-order valence-corrected chi connectivity index (χ2v) is 5.09. The van der Waals surface area contributed by atoms with Crippen molar-refractivity contribution in [1.29, 1.82) is 0 Å². The van der Waals surface area contributed by atoms with E-state index in [0.29, 0.717) is 0 Å². The van der Waals surface area contributed by atoms with Crippen LogP contribution in [0.5, 0.6) is 0 Å². The molecule has 0 N–H and O–H groups in total. The molecule has 0 saturated heterocycles. The van der Waals surface area contributed by atoms with Crippen LogP contribution >= 0.6 is 0 Å². The van der Waals surface area contributed by atoms with E-state index in [-0.39, 0.29) is 0 Å². The van der Waals surface area contributed by atoms with Crippen LogP contribution < -0.4 is 0 Å². The Morgan fingerprint density at radius 3 is 2.69 bits per heavy atom. The summed E-state index contributed by atoms with van der Waals surface area (Å²) in [7, 11) is 0. The van der Waals surface area contributed by atoms with Gasteiger partial charge in [0.2, 0.25) is 0 Å². The second kappa shape index (κ2) is 5.47. The van der Waals surface area contributed by atoms with Gasteiger partial charge in [-0.2, -0.15) is 0 Å². The summed E-state index contributed by atoms with van der Waals surface area (Å²) in [4.78, 5) is 0. The zero-order chi connectivity index (χ0) is 9.68. The first-order valence-electron chi connectivity index (χ1n) is 5.85. The molecule has 1 rings (SSSR count). The van der Waals surface area contributed by atoms with Gasteiger partial charge in [-0.05, 0) is 37.0 Å². The minimum atomic E-state index is 0.817. The lowest BCUT2D eigenvalue weighted by Gasteiger charge is -2.24. The fourth-order valence-corrected chi connectivity index (χ4v) is 2.20. The van der Waals surface area contributed by atoms with Crippen molar-refractivity contribution in [2.75, 3.05) is 0 Å². The van der Waals surface area contributed by atoms with E-state index < -0.39 is 0 Å². The van der Waals surface area contributed by atoms with Crippen LogP contribution in [0, 0.1) is 17.8 Å². The molecular weight excluding hydrogens is 156 g/mol.